The van der Waals surface area contributed by atoms with E-state index < -0.39 is 10.1 Å². The first-order valence-corrected chi connectivity index (χ1v) is 12.5. The second kappa shape index (κ2) is 17.8. The topological polar surface area (TPSA) is 43.4 Å². The molecule has 0 amide bonds. The molecule has 0 spiro atoms. The van der Waals surface area contributed by atoms with Gasteiger partial charge in [-0.15, -0.1) is 0 Å². The van der Waals surface area contributed by atoms with E-state index in [-0.39, 0.29) is 6.10 Å². The molecule has 0 N–H and O–H groups in total. The first-order valence-electron chi connectivity index (χ1n) is 10.7. The van der Waals surface area contributed by atoms with Gasteiger partial charge in [0, 0.05) is 0 Å². The molecule has 0 aromatic carbocycles. The van der Waals surface area contributed by atoms with Gasteiger partial charge in [-0.1, -0.05) is 63.8 Å². The molecule has 0 aromatic rings. The molecule has 0 saturated heterocycles. The third kappa shape index (κ3) is 19.7. The molecular formula is C22H42O3S. The van der Waals surface area contributed by atoms with Crippen molar-refractivity contribution in [3.05, 3.63) is 24.3 Å². The molecule has 26 heavy (non-hydrogen) atoms. The van der Waals surface area contributed by atoms with Crippen LogP contribution in [0.2, 0.25) is 0 Å². The van der Waals surface area contributed by atoms with Crippen LogP contribution in [0.25, 0.3) is 0 Å². The summed E-state index contributed by atoms with van der Waals surface area (Å²) >= 11 is 0. The highest BCUT2D eigenvalue weighted by Gasteiger charge is 2.14. The molecule has 0 aromatic heterocycles. The third-order valence-electron chi connectivity index (χ3n) is 4.39. The van der Waals surface area contributed by atoms with Gasteiger partial charge in [0.25, 0.3) is 10.1 Å². The van der Waals surface area contributed by atoms with E-state index in [2.05, 4.69) is 38.2 Å². The van der Waals surface area contributed by atoms with Crippen LogP contribution in [0, 0.1) is 0 Å². The van der Waals surface area contributed by atoms with Gasteiger partial charge in [-0.25, -0.2) is 0 Å². The number of unbranched alkanes of at least 4 members (excludes halogenated alkanes) is 8. The molecule has 4 heteroatoms. The summed E-state index contributed by atoms with van der Waals surface area (Å²) in [6.07, 6.45) is 25.5. The number of rotatable bonds is 18. The van der Waals surface area contributed by atoms with Crippen LogP contribution in [-0.4, -0.2) is 20.8 Å². The molecule has 0 heterocycles. The fourth-order valence-corrected chi connectivity index (χ4v) is 3.60. The second-order valence-corrected chi connectivity index (χ2v) is 8.82. The zero-order chi connectivity index (χ0) is 19.5. The molecule has 0 aliphatic carbocycles. The summed E-state index contributed by atoms with van der Waals surface area (Å²) in [6.45, 7) is 4.43. The minimum absolute atomic E-state index is 0.174. The number of hydrogen-bond acceptors (Lipinski definition) is 3. The van der Waals surface area contributed by atoms with Crippen molar-refractivity contribution >= 4 is 10.1 Å². The monoisotopic (exact) mass is 386 g/mol. The Morgan fingerprint density at radius 1 is 0.692 bits per heavy atom. The largest absolute Gasteiger partial charge is 0.267 e. The van der Waals surface area contributed by atoms with Crippen molar-refractivity contribution < 1.29 is 12.6 Å². The van der Waals surface area contributed by atoms with Gasteiger partial charge >= 0.3 is 0 Å². The Labute approximate surface area is 163 Å². The first-order chi connectivity index (χ1) is 12.5. The van der Waals surface area contributed by atoms with Crippen LogP contribution in [0.15, 0.2) is 24.3 Å². The maximum Gasteiger partial charge on any atom is 0.264 e. The Hall–Kier alpha value is -0.610. The molecule has 0 radical (unpaired) electrons. The second-order valence-electron chi connectivity index (χ2n) is 7.22. The van der Waals surface area contributed by atoms with Gasteiger partial charge in [0.2, 0.25) is 0 Å². The molecule has 0 saturated carbocycles. The van der Waals surface area contributed by atoms with Gasteiger partial charge in [-0.05, 0) is 64.2 Å². The SMILES string of the molecule is CCCCC/C=C\CCCC(CCC/C=C\CCCCC)OS(C)(=O)=O. The lowest BCUT2D eigenvalue weighted by Gasteiger charge is -2.15. The molecule has 0 unspecified atom stereocenters. The van der Waals surface area contributed by atoms with Crippen LogP contribution in [0.3, 0.4) is 0 Å². The molecule has 0 rings (SSSR count). The summed E-state index contributed by atoms with van der Waals surface area (Å²) in [6, 6.07) is 0. The van der Waals surface area contributed by atoms with E-state index >= 15 is 0 Å². The van der Waals surface area contributed by atoms with E-state index in [1.165, 1.54) is 38.5 Å². The lowest BCUT2D eigenvalue weighted by atomic mass is 10.1. The van der Waals surface area contributed by atoms with E-state index in [0.717, 1.165) is 57.6 Å². The number of allylic oxidation sites excluding steroid dienone is 4. The van der Waals surface area contributed by atoms with Crippen molar-refractivity contribution in [1.82, 2.24) is 0 Å². The molecule has 154 valence electrons. The summed E-state index contributed by atoms with van der Waals surface area (Å²) in [5.74, 6) is 0. The van der Waals surface area contributed by atoms with Crippen LogP contribution in [0.1, 0.15) is 104 Å². The van der Waals surface area contributed by atoms with E-state index in [1.807, 2.05) is 0 Å². The quantitative estimate of drug-likeness (QED) is 0.145. The highest BCUT2D eigenvalue weighted by atomic mass is 32.2. The van der Waals surface area contributed by atoms with Gasteiger partial charge in [0.1, 0.15) is 0 Å². The average molecular weight is 387 g/mol. The van der Waals surface area contributed by atoms with E-state index in [1.54, 1.807) is 0 Å². The Balaban J connectivity index is 3.98. The van der Waals surface area contributed by atoms with E-state index in [9.17, 15) is 8.42 Å². The van der Waals surface area contributed by atoms with Gasteiger partial charge in [-0.3, -0.25) is 4.18 Å². The van der Waals surface area contributed by atoms with Crippen LogP contribution in [-0.2, 0) is 14.3 Å². The smallest absolute Gasteiger partial charge is 0.264 e. The van der Waals surface area contributed by atoms with Crippen molar-refractivity contribution in [3.63, 3.8) is 0 Å². The molecule has 0 aliphatic heterocycles. The summed E-state index contributed by atoms with van der Waals surface area (Å²) in [5, 5.41) is 0. The lowest BCUT2D eigenvalue weighted by Crippen LogP contribution is -2.17. The molecule has 0 bridgehead atoms. The molecular weight excluding hydrogens is 344 g/mol. The van der Waals surface area contributed by atoms with E-state index in [0.29, 0.717) is 0 Å². The lowest BCUT2D eigenvalue weighted by molar-refractivity contribution is 0.185. The average Bonchev–Trinajstić information content (AvgIpc) is 2.58. The fourth-order valence-electron chi connectivity index (χ4n) is 2.91. The van der Waals surface area contributed by atoms with Crippen molar-refractivity contribution in [1.29, 1.82) is 0 Å². The fraction of sp³-hybridized carbons (Fsp3) is 0.818. The van der Waals surface area contributed by atoms with Gasteiger partial charge in [0.05, 0.1) is 12.4 Å². The zero-order valence-corrected chi connectivity index (χ0v) is 18.2. The van der Waals surface area contributed by atoms with Crippen molar-refractivity contribution in [3.8, 4) is 0 Å². The Morgan fingerprint density at radius 3 is 1.42 bits per heavy atom. The summed E-state index contributed by atoms with van der Waals surface area (Å²) in [7, 11) is -3.37. The zero-order valence-electron chi connectivity index (χ0n) is 17.4. The maximum atomic E-state index is 11.5. The minimum Gasteiger partial charge on any atom is -0.267 e. The van der Waals surface area contributed by atoms with Crippen molar-refractivity contribution in [2.45, 2.75) is 110 Å². The minimum atomic E-state index is -3.37. The summed E-state index contributed by atoms with van der Waals surface area (Å²) in [4.78, 5) is 0. The van der Waals surface area contributed by atoms with Crippen LogP contribution >= 0.6 is 0 Å². The molecule has 0 atom stereocenters. The van der Waals surface area contributed by atoms with Gasteiger partial charge < -0.3 is 0 Å². The third-order valence-corrected chi connectivity index (χ3v) is 5.01. The Kier molecular flexibility index (Phi) is 17.4. The highest BCUT2D eigenvalue weighted by Crippen LogP contribution is 2.16. The molecule has 3 nitrogen and oxygen atoms in total. The first kappa shape index (κ1) is 25.4. The predicted octanol–water partition coefficient (Wildman–Crippen LogP) is 6.94. The van der Waals surface area contributed by atoms with Crippen LogP contribution in [0.4, 0.5) is 0 Å². The van der Waals surface area contributed by atoms with Gasteiger partial charge in [-0.2, -0.15) is 8.42 Å². The van der Waals surface area contributed by atoms with Gasteiger partial charge in [0.15, 0.2) is 0 Å². The van der Waals surface area contributed by atoms with Crippen molar-refractivity contribution in [2.24, 2.45) is 0 Å². The Bertz CT molecular complexity index is 426. The molecule has 0 fully saturated rings. The maximum absolute atomic E-state index is 11.5. The predicted molar refractivity (Wildman–Crippen MR) is 114 cm³/mol. The summed E-state index contributed by atoms with van der Waals surface area (Å²) < 4.78 is 28.2. The standard InChI is InChI=1S/C22H42O3S/c1-4-6-8-10-12-14-16-18-20-22(25-26(3,23)24)21-19-17-15-13-11-9-7-5-2/h12-15,22H,4-11,16-21H2,1-3H3/b14-12-,15-13-. The highest BCUT2D eigenvalue weighted by molar-refractivity contribution is 7.86. The Morgan fingerprint density at radius 2 is 1.08 bits per heavy atom. The normalized spacial score (nSPS) is 12.8. The van der Waals surface area contributed by atoms with Crippen LogP contribution < -0.4 is 0 Å². The van der Waals surface area contributed by atoms with Crippen LogP contribution in [0.5, 0.6) is 0 Å². The van der Waals surface area contributed by atoms with Crippen molar-refractivity contribution in [2.75, 3.05) is 6.26 Å². The van der Waals surface area contributed by atoms with E-state index in [4.69, 9.17) is 4.18 Å². The number of hydrogen-bond donors (Lipinski definition) is 0. The molecule has 0 aliphatic rings. The summed E-state index contributed by atoms with van der Waals surface area (Å²) in [5.41, 5.74) is 0.